The van der Waals surface area contributed by atoms with Gasteiger partial charge in [0.05, 0.1) is 10.8 Å². The van der Waals surface area contributed by atoms with Crippen LogP contribution in [0.1, 0.15) is 18.7 Å². The molecule has 0 radical (unpaired) electrons. The number of ether oxygens (including phenoxy) is 1. The SMILES string of the molecule is CC(COC(N)=O)c1nc(-c2ccccc2)c(-c2ccc(S(N)(=O)=O)cc2)o1. The Morgan fingerprint density at radius 1 is 1.11 bits per heavy atom. The lowest BCUT2D eigenvalue weighted by atomic mass is 10.1. The summed E-state index contributed by atoms with van der Waals surface area (Å²) in [6.45, 7) is 1.81. The summed E-state index contributed by atoms with van der Waals surface area (Å²) < 4.78 is 33.7. The third kappa shape index (κ3) is 4.38. The molecule has 2 aromatic carbocycles. The third-order valence-corrected chi connectivity index (χ3v) is 4.96. The molecular formula is C19H19N3O5S. The molecule has 0 aliphatic carbocycles. The fraction of sp³-hybridized carbons (Fsp3) is 0.158. The van der Waals surface area contributed by atoms with Crippen molar-refractivity contribution in [1.29, 1.82) is 0 Å². The molecule has 1 amide bonds. The van der Waals surface area contributed by atoms with Gasteiger partial charge in [0.1, 0.15) is 12.3 Å². The molecule has 1 atom stereocenters. The molecule has 0 fully saturated rings. The molecule has 0 bridgehead atoms. The predicted octanol–water partition coefficient (Wildman–Crippen LogP) is 2.85. The van der Waals surface area contributed by atoms with Crippen LogP contribution in [-0.2, 0) is 14.8 Å². The van der Waals surface area contributed by atoms with E-state index >= 15 is 0 Å². The molecule has 4 N–H and O–H groups in total. The molecular weight excluding hydrogens is 382 g/mol. The van der Waals surface area contributed by atoms with Crippen LogP contribution in [-0.4, -0.2) is 26.1 Å². The van der Waals surface area contributed by atoms with Crippen molar-refractivity contribution >= 4 is 16.1 Å². The molecule has 0 saturated carbocycles. The second-order valence-corrected chi connectivity index (χ2v) is 7.76. The first kappa shape index (κ1) is 19.6. The molecule has 1 heterocycles. The van der Waals surface area contributed by atoms with Crippen LogP contribution in [0.15, 0.2) is 63.9 Å². The number of primary sulfonamides is 1. The highest BCUT2D eigenvalue weighted by atomic mass is 32.2. The van der Waals surface area contributed by atoms with Crippen molar-refractivity contribution in [2.75, 3.05) is 6.61 Å². The molecule has 1 aromatic heterocycles. The minimum atomic E-state index is -3.79. The maximum atomic E-state index is 11.5. The average molecular weight is 401 g/mol. The van der Waals surface area contributed by atoms with Crippen LogP contribution < -0.4 is 10.9 Å². The lowest BCUT2D eigenvalue weighted by Crippen LogP contribution is -2.16. The molecule has 8 nitrogen and oxygen atoms in total. The first-order valence-electron chi connectivity index (χ1n) is 8.37. The van der Waals surface area contributed by atoms with E-state index in [9.17, 15) is 13.2 Å². The van der Waals surface area contributed by atoms with Gasteiger partial charge in [-0.15, -0.1) is 0 Å². The first-order chi connectivity index (χ1) is 13.3. The standard InChI is InChI=1S/C19H19N3O5S/c1-12(11-26-19(20)23)18-22-16(13-5-3-2-4-6-13)17(27-18)14-7-9-15(10-8-14)28(21,24)25/h2-10,12H,11H2,1H3,(H2,20,23)(H2,21,24,25). The lowest BCUT2D eigenvalue weighted by molar-refractivity contribution is 0.147. The van der Waals surface area contributed by atoms with Crippen LogP contribution in [0.3, 0.4) is 0 Å². The van der Waals surface area contributed by atoms with E-state index in [1.165, 1.54) is 12.1 Å². The van der Waals surface area contributed by atoms with Gasteiger partial charge in [0.25, 0.3) is 0 Å². The second kappa shape index (κ2) is 7.83. The van der Waals surface area contributed by atoms with E-state index in [-0.39, 0.29) is 17.4 Å². The number of primary amides is 1. The normalized spacial score (nSPS) is 12.5. The van der Waals surface area contributed by atoms with Crippen molar-refractivity contribution in [3.63, 3.8) is 0 Å². The molecule has 28 heavy (non-hydrogen) atoms. The van der Waals surface area contributed by atoms with Crippen LogP contribution >= 0.6 is 0 Å². The zero-order chi connectivity index (χ0) is 20.3. The number of benzene rings is 2. The number of carbonyl (C=O) groups excluding carboxylic acids is 1. The van der Waals surface area contributed by atoms with Gasteiger partial charge in [-0.2, -0.15) is 0 Å². The van der Waals surface area contributed by atoms with E-state index in [0.717, 1.165) is 5.56 Å². The summed E-state index contributed by atoms with van der Waals surface area (Å²) in [5.41, 5.74) is 7.06. The smallest absolute Gasteiger partial charge is 0.404 e. The van der Waals surface area contributed by atoms with Gasteiger partial charge in [0.15, 0.2) is 5.76 Å². The summed E-state index contributed by atoms with van der Waals surface area (Å²) in [5.74, 6) is 0.506. The van der Waals surface area contributed by atoms with Crippen LogP contribution in [0.5, 0.6) is 0 Å². The number of sulfonamides is 1. The van der Waals surface area contributed by atoms with Crippen LogP contribution in [0, 0.1) is 0 Å². The van der Waals surface area contributed by atoms with Gasteiger partial charge >= 0.3 is 6.09 Å². The van der Waals surface area contributed by atoms with Gasteiger partial charge in [-0.05, 0) is 24.3 Å². The van der Waals surface area contributed by atoms with Crippen LogP contribution in [0.2, 0.25) is 0 Å². The summed E-state index contributed by atoms with van der Waals surface area (Å²) >= 11 is 0. The Hall–Kier alpha value is -3.17. The van der Waals surface area contributed by atoms with E-state index in [4.69, 9.17) is 20.0 Å². The Morgan fingerprint density at radius 2 is 1.75 bits per heavy atom. The van der Waals surface area contributed by atoms with Gasteiger partial charge in [-0.3, -0.25) is 0 Å². The molecule has 0 aliphatic rings. The molecule has 3 rings (SSSR count). The summed E-state index contributed by atoms with van der Waals surface area (Å²) in [5, 5.41) is 5.15. The number of hydrogen-bond acceptors (Lipinski definition) is 6. The van der Waals surface area contributed by atoms with E-state index < -0.39 is 16.1 Å². The van der Waals surface area contributed by atoms with Crippen molar-refractivity contribution in [2.24, 2.45) is 10.9 Å². The van der Waals surface area contributed by atoms with Crippen molar-refractivity contribution in [2.45, 2.75) is 17.7 Å². The Bertz CT molecular complexity index is 1080. The van der Waals surface area contributed by atoms with E-state index in [1.807, 2.05) is 30.3 Å². The fourth-order valence-electron chi connectivity index (χ4n) is 2.61. The highest BCUT2D eigenvalue weighted by Gasteiger charge is 2.21. The van der Waals surface area contributed by atoms with Gasteiger partial charge < -0.3 is 14.9 Å². The maximum Gasteiger partial charge on any atom is 0.404 e. The summed E-state index contributed by atoms with van der Waals surface area (Å²) in [4.78, 5) is 15.4. The second-order valence-electron chi connectivity index (χ2n) is 6.20. The Kier molecular flexibility index (Phi) is 5.48. The zero-order valence-electron chi connectivity index (χ0n) is 15.0. The molecule has 3 aromatic rings. The molecule has 0 aliphatic heterocycles. The highest BCUT2D eigenvalue weighted by Crippen LogP contribution is 2.35. The lowest BCUT2D eigenvalue weighted by Gasteiger charge is -2.06. The van der Waals surface area contributed by atoms with Crippen molar-refractivity contribution in [3.8, 4) is 22.6 Å². The Balaban J connectivity index is 2.04. The number of rotatable bonds is 6. The molecule has 0 saturated heterocycles. The van der Waals surface area contributed by atoms with Gasteiger partial charge in [0.2, 0.25) is 15.9 Å². The van der Waals surface area contributed by atoms with E-state index in [0.29, 0.717) is 22.9 Å². The Morgan fingerprint density at radius 3 is 2.32 bits per heavy atom. The van der Waals surface area contributed by atoms with Crippen LogP contribution in [0.4, 0.5) is 4.79 Å². The predicted molar refractivity (Wildman–Crippen MR) is 103 cm³/mol. The third-order valence-electron chi connectivity index (χ3n) is 4.03. The van der Waals surface area contributed by atoms with Crippen LogP contribution in [0.25, 0.3) is 22.6 Å². The largest absolute Gasteiger partial charge is 0.449 e. The topological polar surface area (TPSA) is 139 Å². The monoisotopic (exact) mass is 401 g/mol. The van der Waals surface area contributed by atoms with Gasteiger partial charge in [-0.1, -0.05) is 37.3 Å². The quantitative estimate of drug-likeness (QED) is 0.651. The summed E-state index contributed by atoms with van der Waals surface area (Å²) in [6, 6.07) is 15.4. The molecule has 0 spiro atoms. The molecule has 146 valence electrons. The van der Waals surface area contributed by atoms with E-state index in [1.54, 1.807) is 19.1 Å². The number of carbonyl (C=O) groups is 1. The van der Waals surface area contributed by atoms with Crippen molar-refractivity contribution < 1.29 is 22.4 Å². The number of aromatic nitrogens is 1. The van der Waals surface area contributed by atoms with Crippen molar-refractivity contribution in [3.05, 3.63) is 60.5 Å². The molecule has 1 unspecified atom stereocenters. The summed E-state index contributed by atoms with van der Waals surface area (Å²) in [6.07, 6.45) is -0.875. The maximum absolute atomic E-state index is 11.5. The minimum Gasteiger partial charge on any atom is -0.449 e. The zero-order valence-corrected chi connectivity index (χ0v) is 15.8. The minimum absolute atomic E-state index is 0.000441. The number of amides is 1. The van der Waals surface area contributed by atoms with E-state index in [2.05, 4.69) is 4.98 Å². The summed E-state index contributed by atoms with van der Waals surface area (Å²) in [7, 11) is -3.79. The average Bonchev–Trinajstić information content (AvgIpc) is 3.12. The van der Waals surface area contributed by atoms with Crippen molar-refractivity contribution in [1.82, 2.24) is 4.98 Å². The number of nitrogens with zero attached hydrogens (tertiary/aromatic N) is 1. The fourth-order valence-corrected chi connectivity index (χ4v) is 3.12. The Labute approximate surface area is 162 Å². The van der Waals surface area contributed by atoms with Gasteiger partial charge in [0, 0.05) is 11.1 Å². The highest BCUT2D eigenvalue weighted by molar-refractivity contribution is 7.89. The molecule has 9 heteroatoms. The first-order valence-corrected chi connectivity index (χ1v) is 9.92. The van der Waals surface area contributed by atoms with Gasteiger partial charge in [-0.25, -0.2) is 23.3 Å². The number of hydrogen-bond donors (Lipinski definition) is 2. The number of nitrogens with two attached hydrogens (primary N) is 2. The number of oxazole rings is 1.